The molecule has 8 nitrogen and oxygen atoms in total. The molecule has 0 radical (unpaired) electrons. The Kier molecular flexibility index (Phi) is 18.7. The number of rotatable bonds is 14. The van der Waals surface area contributed by atoms with Crippen molar-refractivity contribution in [1.82, 2.24) is 39.9 Å². The summed E-state index contributed by atoms with van der Waals surface area (Å²) in [7, 11) is 0. The van der Waals surface area contributed by atoms with Gasteiger partial charge in [0, 0.05) is 77.4 Å². The Balaban J connectivity index is 0.000000153. The number of hydrogen-bond donors (Lipinski definition) is 0. The lowest BCUT2D eigenvalue weighted by atomic mass is 9.94. The van der Waals surface area contributed by atoms with Gasteiger partial charge in [-0.15, -0.1) is 0 Å². The topological polar surface area (TPSA) is 103 Å². The number of nitrogens with zero attached hydrogens (tertiary/aromatic N) is 8. The van der Waals surface area contributed by atoms with Crippen LogP contribution in [0.15, 0.2) is 400 Å². The fraction of sp³-hybridized carbons (Fsp3) is 0.0189. The number of benzene rings is 14. The maximum atomic E-state index is 5.20. The van der Waals surface area contributed by atoms with Crippen LogP contribution in [0, 0.1) is 13.8 Å². The summed E-state index contributed by atoms with van der Waals surface area (Å²) in [4.78, 5) is 40.7. The fourth-order valence-electron chi connectivity index (χ4n) is 15.2. The first-order chi connectivity index (χ1) is 56.2. The molecule has 8 heteroatoms. The van der Waals surface area contributed by atoms with Gasteiger partial charge < -0.3 is 0 Å². The van der Waals surface area contributed by atoms with E-state index in [0.717, 1.165) is 184 Å². The highest BCUT2D eigenvalue weighted by Crippen LogP contribution is 2.41. The van der Waals surface area contributed by atoms with E-state index in [0.29, 0.717) is 11.6 Å². The van der Waals surface area contributed by atoms with Crippen LogP contribution in [0.25, 0.3) is 201 Å². The molecule has 0 amide bonds. The predicted molar refractivity (Wildman–Crippen MR) is 471 cm³/mol. The number of hydrogen-bond acceptors (Lipinski definition) is 8. The normalized spacial score (nSPS) is 11.2. The molecular formula is C106H72N8. The summed E-state index contributed by atoms with van der Waals surface area (Å²) in [6, 6.07) is 140. The van der Waals surface area contributed by atoms with Crippen molar-refractivity contribution in [2.45, 2.75) is 13.8 Å². The Labute approximate surface area is 662 Å². The van der Waals surface area contributed by atoms with Crippen LogP contribution in [0.2, 0.25) is 0 Å². The second kappa shape index (κ2) is 30.7. The van der Waals surface area contributed by atoms with Crippen LogP contribution in [-0.4, -0.2) is 39.9 Å². The van der Waals surface area contributed by atoms with Crippen LogP contribution >= 0.6 is 0 Å². The van der Waals surface area contributed by atoms with Gasteiger partial charge in [-0.1, -0.05) is 352 Å². The molecule has 20 aromatic rings. The summed E-state index contributed by atoms with van der Waals surface area (Å²) >= 11 is 0. The lowest BCUT2D eigenvalue weighted by molar-refractivity contribution is 1.18. The second-order valence-corrected chi connectivity index (χ2v) is 28.7. The zero-order chi connectivity index (χ0) is 76.3. The van der Waals surface area contributed by atoms with Crippen molar-refractivity contribution in [3.63, 3.8) is 0 Å². The van der Waals surface area contributed by atoms with Gasteiger partial charge in [-0.25, -0.2) is 29.9 Å². The summed E-state index contributed by atoms with van der Waals surface area (Å²) in [5.74, 6) is 1.39. The second-order valence-electron chi connectivity index (χ2n) is 28.7. The lowest BCUT2D eigenvalue weighted by Gasteiger charge is -2.13. The molecule has 0 aliphatic rings. The molecule has 0 spiro atoms. The van der Waals surface area contributed by atoms with Crippen LogP contribution < -0.4 is 0 Å². The van der Waals surface area contributed by atoms with Crippen molar-refractivity contribution in [3.05, 3.63) is 412 Å². The SMILES string of the molecule is Cc1ccc2ccc3c(-c4ccc(-c5cccc(-c6cc(-c7ccc(-c8ccccc8)cc7)nc(-c7ccccc7)n6)c5)cc4)cc(-c4ccccc4)nc3c2n1.Cc1ccc2ccc3c(-c4ccc(-c5cccc(-c6cc(-c7ccccc7)nc(-c7ccc(-c8ccccc8)cc7)n6)c5)cc4)cc(-c4ccccc4)nc3c2n1. The van der Waals surface area contributed by atoms with Crippen molar-refractivity contribution < 1.29 is 0 Å². The summed E-state index contributed by atoms with van der Waals surface area (Å²) in [6.07, 6.45) is 0. The number of aromatic nitrogens is 8. The van der Waals surface area contributed by atoms with Gasteiger partial charge in [0.05, 0.1) is 56.2 Å². The fourth-order valence-corrected chi connectivity index (χ4v) is 15.2. The molecule has 14 aromatic carbocycles. The monoisotopic (exact) mass is 1460 g/mol. The van der Waals surface area contributed by atoms with Crippen LogP contribution in [-0.2, 0) is 0 Å². The first-order valence-corrected chi connectivity index (χ1v) is 38.4. The molecule has 0 N–H and O–H groups in total. The van der Waals surface area contributed by atoms with Gasteiger partial charge in [0.1, 0.15) is 0 Å². The van der Waals surface area contributed by atoms with Gasteiger partial charge >= 0.3 is 0 Å². The largest absolute Gasteiger partial charge is 0.251 e. The van der Waals surface area contributed by atoms with Crippen LogP contribution in [0.1, 0.15) is 11.4 Å². The molecule has 0 saturated heterocycles. The molecule has 0 aliphatic heterocycles. The first-order valence-electron chi connectivity index (χ1n) is 38.4. The number of aryl methyl sites for hydroxylation is 2. The molecule has 0 atom stereocenters. The molecule has 0 aliphatic carbocycles. The van der Waals surface area contributed by atoms with Gasteiger partial charge in [0.2, 0.25) is 0 Å². The summed E-state index contributed by atoms with van der Waals surface area (Å²) in [6.45, 7) is 4.06. The lowest BCUT2D eigenvalue weighted by Crippen LogP contribution is -1.96. The van der Waals surface area contributed by atoms with E-state index in [2.05, 4.69) is 340 Å². The average Bonchev–Trinajstić information content (AvgIpc) is 0.754. The summed E-state index contributed by atoms with van der Waals surface area (Å²) < 4.78 is 0. The summed E-state index contributed by atoms with van der Waals surface area (Å²) in [5.41, 5.74) is 32.9. The van der Waals surface area contributed by atoms with Gasteiger partial charge in [0.25, 0.3) is 0 Å². The van der Waals surface area contributed by atoms with Crippen LogP contribution in [0.4, 0.5) is 0 Å². The van der Waals surface area contributed by atoms with E-state index < -0.39 is 0 Å². The maximum Gasteiger partial charge on any atom is 0.160 e. The van der Waals surface area contributed by atoms with Crippen molar-refractivity contribution in [2.24, 2.45) is 0 Å². The average molecular weight is 1460 g/mol. The van der Waals surface area contributed by atoms with Gasteiger partial charge in [-0.3, -0.25) is 9.97 Å². The predicted octanol–water partition coefficient (Wildman–Crippen LogP) is 27.1. The van der Waals surface area contributed by atoms with Gasteiger partial charge in [-0.2, -0.15) is 0 Å². The minimum Gasteiger partial charge on any atom is -0.251 e. The van der Waals surface area contributed by atoms with Gasteiger partial charge in [0.15, 0.2) is 11.6 Å². The molecular weight excluding hydrogens is 1390 g/mol. The Morgan fingerprint density at radius 2 is 0.395 bits per heavy atom. The molecule has 20 rings (SSSR count). The van der Waals surface area contributed by atoms with E-state index >= 15 is 0 Å². The number of fused-ring (bicyclic) bond motifs is 6. The molecule has 536 valence electrons. The van der Waals surface area contributed by atoms with Crippen LogP contribution in [0.5, 0.6) is 0 Å². The molecule has 6 heterocycles. The first kappa shape index (κ1) is 69.3. The minimum atomic E-state index is 0.693. The summed E-state index contributed by atoms with van der Waals surface area (Å²) in [5, 5.41) is 4.33. The Bertz CT molecular complexity index is 6490. The van der Waals surface area contributed by atoms with Crippen molar-refractivity contribution in [1.29, 1.82) is 0 Å². The minimum absolute atomic E-state index is 0.693. The third-order valence-electron chi connectivity index (χ3n) is 21.2. The van der Waals surface area contributed by atoms with E-state index in [1.165, 1.54) is 16.7 Å². The Hall–Kier alpha value is -15.1. The molecule has 0 saturated carbocycles. The standard InChI is InChI=1S/2C53H36N4/c1-35-20-21-42-30-31-46-47(33-48(40-14-7-3-8-15-40)55-52(46)51(42)54-35)39-26-22-38(23-27-39)44-18-11-19-45(32-44)50-34-49(56-53(57-50)43-16-9-4-10-17-43)41-28-24-37(25-29-41)36-12-5-2-6-13-36;1-35-20-21-42-30-31-46-47(33-48(40-14-7-3-8-15-40)55-52(46)51(42)54-35)39-26-22-38(23-27-39)44-18-11-19-45(32-44)50-34-49(41-16-9-4-10-17-41)56-53(57-50)43-28-24-37(25-29-43)36-12-5-2-6-13-36/h2*2-34H,1H3. The highest BCUT2D eigenvalue weighted by Gasteiger charge is 2.20. The molecule has 0 bridgehead atoms. The van der Waals surface area contributed by atoms with Crippen LogP contribution in [0.3, 0.4) is 0 Å². The zero-order valence-corrected chi connectivity index (χ0v) is 62.7. The quantitative estimate of drug-likeness (QED) is 0.0992. The molecule has 114 heavy (non-hydrogen) atoms. The highest BCUT2D eigenvalue weighted by molar-refractivity contribution is 6.11. The smallest absolute Gasteiger partial charge is 0.160 e. The van der Waals surface area contributed by atoms with E-state index in [1.807, 2.05) is 74.5 Å². The number of pyridine rings is 4. The molecule has 0 fully saturated rings. The van der Waals surface area contributed by atoms with E-state index in [1.54, 1.807) is 0 Å². The molecule has 6 aromatic heterocycles. The maximum absolute atomic E-state index is 5.20. The third kappa shape index (κ3) is 14.4. The van der Waals surface area contributed by atoms with Crippen molar-refractivity contribution in [3.8, 4) is 157 Å². The molecule has 0 unspecified atom stereocenters. The highest BCUT2D eigenvalue weighted by atomic mass is 14.9. The zero-order valence-electron chi connectivity index (χ0n) is 62.7. The Morgan fingerprint density at radius 1 is 0.149 bits per heavy atom. The Morgan fingerprint density at radius 3 is 0.763 bits per heavy atom. The van der Waals surface area contributed by atoms with E-state index in [9.17, 15) is 0 Å². The van der Waals surface area contributed by atoms with Gasteiger partial charge in [-0.05, 0) is 129 Å². The van der Waals surface area contributed by atoms with E-state index in [-0.39, 0.29) is 0 Å². The van der Waals surface area contributed by atoms with E-state index in [4.69, 9.17) is 39.9 Å². The van der Waals surface area contributed by atoms with Crippen molar-refractivity contribution in [2.75, 3.05) is 0 Å². The van der Waals surface area contributed by atoms with Crippen molar-refractivity contribution >= 4 is 43.6 Å². The third-order valence-corrected chi connectivity index (χ3v) is 21.2.